The molecule has 0 aliphatic heterocycles. The van der Waals surface area contributed by atoms with Crippen molar-refractivity contribution in [1.29, 1.82) is 0 Å². The molecule has 0 atom stereocenters. The number of carbonyl (C=O) groups is 1. The average molecular weight is 627 g/mol. The molecule has 1 aromatic heterocycles. The van der Waals surface area contributed by atoms with Gasteiger partial charge in [0.05, 0.1) is 27.0 Å². The summed E-state index contributed by atoms with van der Waals surface area (Å²) in [5.41, 5.74) is 0.924. The average Bonchev–Trinajstić information content (AvgIpc) is 3.55. The number of thioether (sulfide) groups is 1. The van der Waals surface area contributed by atoms with E-state index in [1.165, 1.54) is 28.8 Å². The number of sulfonamides is 1. The molecule has 3 aromatic rings. The molecule has 1 heterocycles. The summed E-state index contributed by atoms with van der Waals surface area (Å²) < 4.78 is 67.9. The van der Waals surface area contributed by atoms with E-state index >= 15 is 0 Å². The zero-order chi connectivity index (χ0) is 26.3. The molecule has 9 nitrogen and oxygen atoms in total. The zero-order valence-electron chi connectivity index (χ0n) is 17.9. The first-order valence-corrected chi connectivity index (χ1v) is 13.8. The molecule has 1 amide bonds. The first kappa shape index (κ1) is 26.7. The second-order valence-electron chi connectivity index (χ2n) is 7.66. The summed E-state index contributed by atoms with van der Waals surface area (Å²) in [5, 5.41) is 15.5. The fourth-order valence-electron chi connectivity index (χ4n) is 3.23. The van der Waals surface area contributed by atoms with Crippen LogP contribution in [0.5, 0.6) is 5.75 Å². The van der Waals surface area contributed by atoms with Crippen molar-refractivity contribution >= 4 is 60.9 Å². The molecular formula is C20H16BrClF3N5O4S2. The van der Waals surface area contributed by atoms with Crippen molar-refractivity contribution in [1.82, 2.24) is 14.8 Å². The Hall–Kier alpha value is -2.33. The van der Waals surface area contributed by atoms with Crippen LogP contribution in [0.1, 0.15) is 24.3 Å². The Morgan fingerprint density at radius 3 is 2.58 bits per heavy atom. The minimum atomic E-state index is -4.91. The summed E-state index contributed by atoms with van der Waals surface area (Å²) in [5.74, 6) is -0.969. The molecule has 3 N–H and O–H groups in total. The Labute approximate surface area is 220 Å². The van der Waals surface area contributed by atoms with Gasteiger partial charge in [-0.05, 0) is 70.6 Å². The maximum absolute atomic E-state index is 13.1. The van der Waals surface area contributed by atoms with E-state index in [0.717, 1.165) is 36.2 Å². The molecule has 16 heteroatoms. The highest BCUT2D eigenvalue weighted by atomic mass is 79.9. The number of amides is 1. The van der Waals surface area contributed by atoms with Gasteiger partial charge < -0.3 is 10.1 Å². The predicted octanol–water partition coefficient (Wildman–Crippen LogP) is 4.84. The lowest BCUT2D eigenvalue weighted by Gasteiger charge is -2.16. The summed E-state index contributed by atoms with van der Waals surface area (Å²) in [7, 11) is -3.97. The van der Waals surface area contributed by atoms with E-state index < -0.39 is 28.0 Å². The molecule has 0 saturated heterocycles. The molecule has 4 rings (SSSR count). The first-order chi connectivity index (χ1) is 16.8. The highest BCUT2D eigenvalue weighted by Crippen LogP contribution is 2.43. The minimum absolute atomic E-state index is 0.0399. The maximum atomic E-state index is 13.1. The van der Waals surface area contributed by atoms with Crippen LogP contribution in [0.4, 0.5) is 18.9 Å². The van der Waals surface area contributed by atoms with Gasteiger partial charge in [-0.15, -0.1) is 23.4 Å². The second kappa shape index (κ2) is 10.2. The number of rotatable bonds is 8. The topological polar surface area (TPSA) is 129 Å². The van der Waals surface area contributed by atoms with Crippen LogP contribution in [0.2, 0.25) is 5.02 Å². The van der Waals surface area contributed by atoms with Gasteiger partial charge in [0.25, 0.3) is 0 Å². The molecule has 0 unspecified atom stereocenters. The second-order valence-corrected chi connectivity index (χ2v) is 11.3. The molecule has 1 saturated carbocycles. The largest absolute Gasteiger partial charge is 0.573 e. The third-order valence-corrected chi connectivity index (χ3v) is 7.63. The minimum Gasteiger partial charge on any atom is -0.404 e. The Morgan fingerprint density at radius 1 is 1.25 bits per heavy atom. The van der Waals surface area contributed by atoms with E-state index in [2.05, 4.69) is 36.2 Å². The van der Waals surface area contributed by atoms with Gasteiger partial charge in [0, 0.05) is 0 Å². The Morgan fingerprint density at radius 2 is 1.97 bits per heavy atom. The molecule has 1 aliphatic rings. The van der Waals surface area contributed by atoms with Crippen molar-refractivity contribution < 1.29 is 31.1 Å². The quantitative estimate of drug-likeness (QED) is 0.343. The lowest BCUT2D eigenvalue weighted by atomic mass is 10.1. The van der Waals surface area contributed by atoms with Crippen LogP contribution in [-0.2, 0) is 14.8 Å². The van der Waals surface area contributed by atoms with Crippen LogP contribution in [0.3, 0.4) is 0 Å². The van der Waals surface area contributed by atoms with E-state index in [1.54, 1.807) is 6.07 Å². The van der Waals surface area contributed by atoms with E-state index in [-0.39, 0.29) is 42.9 Å². The molecule has 192 valence electrons. The normalized spacial score (nSPS) is 14.1. The Kier molecular flexibility index (Phi) is 7.57. The lowest BCUT2D eigenvalue weighted by Crippen LogP contribution is -2.19. The number of alkyl halides is 3. The smallest absolute Gasteiger partial charge is 0.404 e. The van der Waals surface area contributed by atoms with Crippen molar-refractivity contribution in [3.63, 3.8) is 0 Å². The third kappa shape index (κ3) is 6.51. The highest BCUT2D eigenvalue weighted by Gasteiger charge is 2.34. The number of hydrogen-bond acceptors (Lipinski definition) is 7. The van der Waals surface area contributed by atoms with Crippen LogP contribution in [0.25, 0.3) is 5.69 Å². The Balaban J connectivity index is 1.53. The first-order valence-electron chi connectivity index (χ1n) is 10.1. The van der Waals surface area contributed by atoms with E-state index in [0.29, 0.717) is 0 Å². The molecule has 0 spiro atoms. The number of nitrogens with one attached hydrogen (secondary N) is 1. The van der Waals surface area contributed by atoms with Crippen LogP contribution in [0.15, 0.2) is 51.2 Å². The fourth-order valence-corrected chi connectivity index (χ4v) is 5.36. The summed E-state index contributed by atoms with van der Waals surface area (Å²) in [6.07, 6.45) is -3.12. The zero-order valence-corrected chi connectivity index (χ0v) is 21.9. The SMILES string of the molecule is NS(=O)(=O)c1ccc(NC(=O)CSc2nnc(Br)n2-c2ccc(C3CC3)cc2OC(F)(F)F)c(Cl)c1. The van der Waals surface area contributed by atoms with Gasteiger partial charge in [0.2, 0.25) is 20.7 Å². The van der Waals surface area contributed by atoms with Gasteiger partial charge in [-0.25, -0.2) is 13.6 Å². The molecule has 1 fully saturated rings. The van der Waals surface area contributed by atoms with Gasteiger partial charge in [-0.3, -0.25) is 9.36 Å². The van der Waals surface area contributed by atoms with Crippen LogP contribution < -0.4 is 15.2 Å². The van der Waals surface area contributed by atoms with Gasteiger partial charge >= 0.3 is 6.36 Å². The van der Waals surface area contributed by atoms with Crippen LogP contribution in [-0.4, -0.2) is 41.2 Å². The number of hydrogen-bond donors (Lipinski definition) is 2. The summed E-state index contributed by atoms with van der Waals surface area (Å²) in [6.45, 7) is 0. The Bertz CT molecular complexity index is 1430. The van der Waals surface area contributed by atoms with E-state index in [4.69, 9.17) is 16.7 Å². The van der Waals surface area contributed by atoms with Crippen LogP contribution >= 0.6 is 39.3 Å². The predicted molar refractivity (Wildman–Crippen MR) is 130 cm³/mol. The van der Waals surface area contributed by atoms with Crippen molar-refractivity contribution in [2.24, 2.45) is 5.14 Å². The number of ether oxygens (including phenoxy) is 1. The van der Waals surface area contributed by atoms with Gasteiger partial charge in [-0.2, -0.15) is 0 Å². The number of aromatic nitrogens is 3. The van der Waals surface area contributed by atoms with Gasteiger partial charge in [-0.1, -0.05) is 29.4 Å². The molecule has 1 aliphatic carbocycles. The summed E-state index contributed by atoms with van der Waals surface area (Å²) >= 11 is 10.1. The number of halogens is 5. The number of primary sulfonamides is 1. The van der Waals surface area contributed by atoms with Crippen molar-refractivity contribution in [3.8, 4) is 11.4 Å². The molecule has 0 radical (unpaired) electrons. The molecule has 36 heavy (non-hydrogen) atoms. The van der Waals surface area contributed by atoms with E-state index in [9.17, 15) is 26.4 Å². The molecular weight excluding hydrogens is 611 g/mol. The molecule has 0 bridgehead atoms. The number of benzene rings is 2. The summed E-state index contributed by atoms with van der Waals surface area (Å²) in [6, 6.07) is 8.12. The molecule has 2 aromatic carbocycles. The number of anilines is 1. The third-order valence-electron chi connectivity index (χ3n) is 4.97. The number of carbonyl (C=O) groups excluding carboxylic acids is 1. The highest BCUT2D eigenvalue weighted by molar-refractivity contribution is 9.10. The van der Waals surface area contributed by atoms with Crippen molar-refractivity contribution in [2.45, 2.75) is 35.2 Å². The standard InChI is InChI=1S/C20H16BrClF3N5O4S2/c21-18-28-29-19(35-9-17(31)27-14-5-4-12(8-13(14)22)36(26,32)33)30(18)15-6-3-11(10-1-2-10)7-16(15)34-20(23,24)25/h3-8,10H,1-2,9H2,(H,27,31)(H2,26,32,33). The summed E-state index contributed by atoms with van der Waals surface area (Å²) in [4.78, 5) is 12.3. The maximum Gasteiger partial charge on any atom is 0.573 e. The van der Waals surface area contributed by atoms with Crippen LogP contribution in [0, 0.1) is 0 Å². The van der Waals surface area contributed by atoms with Gasteiger partial charge in [0.1, 0.15) is 0 Å². The number of nitrogens with zero attached hydrogens (tertiary/aromatic N) is 3. The lowest BCUT2D eigenvalue weighted by molar-refractivity contribution is -0.274. The monoisotopic (exact) mass is 625 g/mol. The van der Waals surface area contributed by atoms with Crippen molar-refractivity contribution in [3.05, 3.63) is 51.7 Å². The van der Waals surface area contributed by atoms with Crippen molar-refractivity contribution in [2.75, 3.05) is 11.1 Å². The van der Waals surface area contributed by atoms with Gasteiger partial charge in [0.15, 0.2) is 10.9 Å². The van der Waals surface area contributed by atoms with E-state index in [1.807, 2.05) is 0 Å². The number of nitrogens with two attached hydrogens (primary N) is 1. The fraction of sp³-hybridized carbons (Fsp3) is 0.250.